The van der Waals surface area contributed by atoms with Gasteiger partial charge in [-0.3, -0.25) is 4.79 Å². The Morgan fingerprint density at radius 1 is 1.16 bits per heavy atom. The number of fused-ring (bicyclic) bond motifs is 2. The zero-order valence-corrected chi connectivity index (χ0v) is 16.1. The normalized spacial score (nSPS) is 17.0. The Bertz CT molecular complexity index is 1230. The summed E-state index contributed by atoms with van der Waals surface area (Å²) in [5.74, 6) is -0.809. The van der Waals surface area contributed by atoms with Crippen LogP contribution in [0.1, 0.15) is 28.2 Å². The molecule has 0 saturated heterocycles. The lowest BCUT2D eigenvalue weighted by Gasteiger charge is -2.14. The van der Waals surface area contributed by atoms with Crippen LogP contribution in [0.2, 0.25) is 0 Å². The Morgan fingerprint density at radius 3 is 2.68 bits per heavy atom. The Balaban J connectivity index is 1.77. The van der Waals surface area contributed by atoms with Crippen LogP contribution in [0.4, 0.5) is 18.9 Å². The number of carbonyl (C=O) groups is 1. The first-order valence-corrected chi connectivity index (χ1v) is 9.54. The minimum atomic E-state index is -4.67. The number of anilines is 1. The van der Waals surface area contributed by atoms with Crippen molar-refractivity contribution < 1.29 is 28.2 Å². The molecule has 1 unspecified atom stereocenters. The van der Waals surface area contributed by atoms with E-state index in [0.29, 0.717) is 28.3 Å². The molecule has 1 amide bonds. The third-order valence-corrected chi connectivity index (χ3v) is 5.08. The van der Waals surface area contributed by atoms with Gasteiger partial charge in [-0.2, -0.15) is 13.2 Å². The minimum absolute atomic E-state index is 0.0199. The van der Waals surface area contributed by atoms with Gasteiger partial charge in [-0.25, -0.2) is 9.98 Å². The maximum Gasteiger partial charge on any atom is 0.433 e. The highest BCUT2D eigenvalue weighted by molar-refractivity contribution is 6.04. The number of aliphatic hydroxyl groups excluding tert-OH is 2. The van der Waals surface area contributed by atoms with Crippen LogP contribution in [0.3, 0.4) is 0 Å². The molecule has 2 aliphatic rings. The van der Waals surface area contributed by atoms with Gasteiger partial charge in [-0.1, -0.05) is 30.4 Å². The molecule has 160 valence electrons. The van der Waals surface area contributed by atoms with Gasteiger partial charge in [0.15, 0.2) is 0 Å². The summed E-state index contributed by atoms with van der Waals surface area (Å²) in [6.45, 7) is -0.358. The summed E-state index contributed by atoms with van der Waals surface area (Å²) in [7, 11) is 0. The van der Waals surface area contributed by atoms with Crippen LogP contribution in [0.5, 0.6) is 0 Å². The SMILES string of the molecule is O=C(Nc1c(CO)ccc2c1=C1C=CC(CCO)C=C1N=2)c1cccc(C(F)(F)F)n1. The topological polar surface area (TPSA) is 94.8 Å². The number of hydrogen-bond donors (Lipinski definition) is 3. The molecular weight excluding hydrogens is 411 g/mol. The summed E-state index contributed by atoms with van der Waals surface area (Å²) < 4.78 is 38.9. The van der Waals surface area contributed by atoms with E-state index in [1.807, 2.05) is 18.2 Å². The van der Waals surface area contributed by atoms with E-state index in [1.54, 1.807) is 12.1 Å². The van der Waals surface area contributed by atoms with E-state index in [0.717, 1.165) is 17.7 Å². The molecule has 31 heavy (non-hydrogen) atoms. The Morgan fingerprint density at radius 2 is 1.97 bits per heavy atom. The van der Waals surface area contributed by atoms with Gasteiger partial charge in [-0.05, 0) is 30.5 Å². The van der Waals surface area contributed by atoms with E-state index in [-0.39, 0.29) is 24.8 Å². The summed E-state index contributed by atoms with van der Waals surface area (Å²) in [6.07, 6.45) is 1.53. The van der Waals surface area contributed by atoms with Crippen LogP contribution in [0.25, 0.3) is 5.57 Å². The molecule has 2 aromatic rings. The van der Waals surface area contributed by atoms with Gasteiger partial charge in [0.2, 0.25) is 0 Å². The number of nitrogens with zero attached hydrogens (tertiary/aromatic N) is 2. The number of aliphatic hydroxyl groups is 2. The second kappa shape index (κ2) is 8.09. The zero-order chi connectivity index (χ0) is 22.2. The zero-order valence-electron chi connectivity index (χ0n) is 16.1. The van der Waals surface area contributed by atoms with Crippen molar-refractivity contribution in [2.24, 2.45) is 10.9 Å². The molecule has 4 rings (SSSR count). The fraction of sp³-hybridized carbons (Fsp3) is 0.227. The fourth-order valence-corrected chi connectivity index (χ4v) is 3.59. The molecule has 3 N–H and O–H groups in total. The molecule has 0 saturated carbocycles. The van der Waals surface area contributed by atoms with Crippen molar-refractivity contribution in [1.29, 1.82) is 0 Å². The third kappa shape index (κ3) is 4.01. The smallest absolute Gasteiger partial charge is 0.396 e. The van der Waals surface area contributed by atoms with Crippen LogP contribution >= 0.6 is 0 Å². The molecule has 9 heteroatoms. The predicted octanol–water partition coefficient (Wildman–Crippen LogP) is 2.08. The van der Waals surface area contributed by atoms with Gasteiger partial charge in [0.25, 0.3) is 5.91 Å². The number of halogens is 3. The summed E-state index contributed by atoms with van der Waals surface area (Å²) in [5, 5.41) is 22.7. The average molecular weight is 429 g/mol. The van der Waals surface area contributed by atoms with Gasteiger partial charge >= 0.3 is 6.18 Å². The Kier molecular flexibility index (Phi) is 5.47. The van der Waals surface area contributed by atoms with Crippen molar-refractivity contribution in [3.63, 3.8) is 0 Å². The standard InChI is InChI=1S/C22H18F3N3O3/c23-22(24,25)18-3-1-2-16(27-18)21(31)28-20-13(11-30)5-7-15-19(20)14-6-4-12(8-9-29)10-17(14)26-15/h1-7,10,12,29-30H,8-9,11H2,(H,28,31). The van der Waals surface area contributed by atoms with Crippen molar-refractivity contribution in [2.75, 3.05) is 11.9 Å². The number of rotatable bonds is 5. The van der Waals surface area contributed by atoms with E-state index < -0.39 is 23.5 Å². The van der Waals surface area contributed by atoms with Crippen LogP contribution < -0.4 is 15.9 Å². The molecule has 6 nitrogen and oxygen atoms in total. The summed E-state index contributed by atoms with van der Waals surface area (Å²) in [4.78, 5) is 20.7. The molecule has 1 aromatic heterocycles. The molecule has 1 atom stereocenters. The van der Waals surface area contributed by atoms with Gasteiger partial charge in [0.05, 0.1) is 23.3 Å². The molecule has 0 spiro atoms. The van der Waals surface area contributed by atoms with Gasteiger partial charge in [0, 0.05) is 23.0 Å². The van der Waals surface area contributed by atoms with Crippen molar-refractivity contribution >= 4 is 17.2 Å². The Hall–Kier alpha value is -3.30. The first-order chi connectivity index (χ1) is 14.8. The maximum absolute atomic E-state index is 13.0. The number of benzene rings is 1. The van der Waals surface area contributed by atoms with E-state index in [2.05, 4.69) is 15.3 Å². The number of allylic oxidation sites excluding steroid dienone is 3. The first-order valence-electron chi connectivity index (χ1n) is 9.54. The third-order valence-electron chi connectivity index (χ3n) is 5.08. The highest BCUT2D eigenvalue weighted by Crippen LogP contribution is 2.29. The lowest BCUT2D eigenvalue weighted by Crippen LogP contribution is -2.31. The number of pyridine rings is 1. The predicted molar refractivity (Wildman–Crippen MR) is 106 cm³/mol. The van der Waals surface area contributed by atoms with Crippen molar-refractivity contribution in [3.05, 3.63) is 81.8 Å². The second-order valence-corrected chi connectivity index (χ2v) is 7.12. The molecule has 1 aliphatic heterocycles. The van der Waals surface area contributed by atoms with E-state index in [9.17, 15) is 23.1 Å². The van der Waals surface area contributed by atoms with Crippen molar-refractivity contribution in [1.82, 2.24) is 4.98 Å². The molecule has 1 aromatic carbocycles. The number of hydrogen-bond acceptors (Lipinski definition) is 5. The highest BCUT2D eigenvalue weighted by atomic mass is 19.4. The van der Waals surface area contributed by atoms with Crippen LogP contribution in [0, 0.1) is 5.92 Å². The lowest BCUT2D eigenvalue weighted by atomic mass is 9.94. The monoisotopic (exact) mass is 429 g/mol. The van der Waals surface area contributed by atoms with Gasteiger partial charge in [-0.15, -0.1) is 0 Å². The summed E-state index contributed by atoms with van der Waals surface area (Å²) in [6, 6.07) is 6.40. The quantitative estimate of drug-likeness (QED) is 0.678. The van der Waals surface area contributed by atoms with E-state index in [1.165, 1.54) is 6.07 Å². The number of aromatic nitrogens is 1. The fourth-order valence-electron chi connectivity index (χ4n) is 3.59. The van der Waals surface area contributed by atoms with Gasteiger partial charge < -0.3 is 15.5 Å². The minimum Gasteiger partial charge on any atom is -0.396 e. The molecular formula is C22H18F3N3O3. The molecule has 2 heterocycles. The molecule has 0 fully saturated rings. The van der Waals surface area contributed by atoms with Gasteiger partial charge in [0.1, 0.15) is 11.4 Å². The van der Waals surface area contributed by atoms with E-state index >= 15 is 0 Å². The Labute approximate surface area is 174 Å². The number of alkyl halides is 3. The van der Waals surface area contributed by atoms with Crippen LogP contribution in [-0.2, 0) is 12.8 Å². The van der Waals surface area contributed by atoms with Crippen molar-refractivity contribution in [3.8, 4) is 0 Å². The lowest BCUT2D eigenvalue weighted by molar-refractivity contribution is -0.141. The number of nitrogens with one attached hydrogen (secondary N) is 1. The number of carbonyl (C=O) groups excluding carboxylic acids is 1. The average Bonchev–Trinajstić information content (AvgIpc) is 3.11. The maximum atomic E-state index is 13.0. The summed E-state index contributed by atoms with van der Waals surface area (Å²) >= 11 is 0. The first kappa shape index (κ1) is 21.0. The van der Waals surface area contributed by atoms with E-state index in [4.69, 9.17) is 5.11 Å². The second-order valence-electron chi connectivity index (χ2n) is 7.12. The highest BCUT2D eigenvalue weighted by Gasteiger charge is 2.33. The summed E-state index contributed by atoms with van der Waals surface area (Å²) in [5.41, 5.74) is 0.519. The molecule has 0 bridgehead atoms. The molecule has 1 aliphatic carbocycles. The van der Waals surface area contributed by atoms with Crippen molar-refractivity contribution in [2.45, 2.75) is 19.2 Å². The number of amides is 1. The van der Waals surface area contributed by atoms with Crippen LogP contribution in [-0.4, -0.2) is 27.7 Å². The largest absolute Gasteiger partial charge is 0.433 e. The van der Waals surface area contributed by atoms with Crippen LogP contribution in [0.15, 0.2) is 59.2 Å². The molecule has 0 radical (unpaired) electrons.